The summed E-state index contributed by atoms with van der Waals surface area (Å²) in [7, 11) is 0. The van der Waals surface area contributed by atoms with Gasteiger partial charge < -0.3 is 21.2 Å². The van der Waals surface area contributed by atoms with Gasteiger partial charge in [0.15, 0.2) is 0 Å². The van der Waals surface area contributed by atoms with E-state index >= 15 is 0 Å². The number of hydrogen-bond donors (Lipinski definition) is 3. The molecule has 25 heavy (non-hydrogen) atoms. The number of benzene rings is 1. The Bertz CT molecular complexity index is 682. The van der Waals surface area contributed by atoms with E-state index in [9.17, 15) is 9.59 Å². The van der Waals surface area contributed by atoms with Crippen LogP contribution in [0, 0.1) is 0 Å². The van der Waals surface area contributed by atoms with Gasteiger partial charge in [-0.1, -0.05) is 38.1 Å². The van der Waals surface area contributed by atoms with Gasteiger partial charge in [0.05, 0.1) is 0 Å². The van der Waals surface area contributed by atoms with Gasteiger partial charge in [-0.05, 0) is 11.1 Å². The van der Waals surface area contributed by atoms with Crippen molar-refractivity contribution in [3.8, 4) is 0 Å². The first-order valence-corrected chi connectivity index (χ1v) is 8.13. The summed E-state index contributed by atoms with van der Waals surface area (Å²) in [6, 6.07) is 7.22. The van der Waals surface area contributed by atoms with Crippen LogP contribution in [0.5, 0.6) is 0 Å². The molecular weight excluding hydrogens is 322 g/mol. The summed E-state index contributed by atoms with van der Waals surface area (Å²) in [4.78, 5) is 22.3. The molecule has 0 aliphatic carbocycles. The van der Waals surface area contributed by atoms with E-state index in [1.165, 1.54) is 6.92 Å². The highest BCUT2D eigenvalue weighted by Gasteiger charge is 2.21. The number of hydrogen-bond acceptors (Lipinski definition) is 6. The lowest BCUT2D eigenvalue weighted by Gasteiger charge is -2.14. The molecule has 0 spiro atoms. The summed E-state index contributed by atoms with van der Waals surface area (Å²) >= 11 is 0. The van der Waals surface area contributed by atoms with Crippen molar-refractivity contribution in [3.05, 3.63) is 47.2 Å². The molecule has 0 aliphatic rings. The van der Waals surface area contributed by atoms with Gasteiger partial charge in [-0.15, -0.1) is 10.2 Å². The molecule has 0 saturated carbocycles. The third-order valence-electron chi connectivity index (χ3n) is 3.18. The Labute approximate surface area is 147 Å². The second kappa shape index (κ2) is 10.2. The van der Waals surface area contributed by atoms with Crippen LogP contribution in [-0.4, -0.2) is 22.0 Å². The summed E-state index contributed by atoms with van der Waals surface area (Å²) in [6.07, 6.45) is 0.341. The lowest BCUT2D eigenvalue weighted by Crippen LogP contribution is -2.28. The van der Waals surface area contributed by atoms with E-state index in [0.717, 1.165) is 11.1 Å². The van der Waals surface area contributed by atoms with Crippen LogP contribution >= 0.6 is 0 Å². The molecule has 2 rings (SSSR count). The third-order valence-corrected chi connectivity index (χ3v) is 3.18. The fourth-order valence-corrected chi connectivity index (χ4v) is 2.12. The van der Waals surface area contributed by atoms with Gasteiger partial charge in [0.25, 0.3) is 0 Å². The number of carbonyl (C=O) groups excluding carboxylic acids is 2. The number of rotatable bonds is 7. The highest BCUT2D eigenvalue weighted by Crippen LogP contribution is 2.18. The van der Waals surface area contributed by atoms with Gasteiger partial charge in [-0.25, -0.2) is 0 Å². The topological polar surface area (TPSA) is 137 Å². The summed E-state index contributed by atoms with van der Waals surface area (Å²) in [5, 5.41) is 10.4. The van der Waals surface area contributed by atoms with E-state index in [4.69, 9.17) is 15.9 Å². The molecule has 8 heteroatoms. The Morgan fingerprint density at radius 2 is 1.76 bits per heavy atom. The van der Waals surface area contributed by atoms with Gasteiger partial charge in [0.1, 0.15) is 12.5 Å². The van der Waals surface area contributed by atoms with E-state index in [1.807, 2.05) is 38.1 Å². The Hall–Kier alpha value is -2.74. The normalized spacial score (nSPS) is 11.2. The molecule has 136 valence electrons. The molecule has 2 amide bonds. The van der Waals surface area contributed by atoms with Gasteiger partial charge in [-0.2, -0.15) is 0 Å². The Kier molecular flexibility index (Phi) is 8.28. The molecule has 8 nitrogen and oxygen atoms in total. The van der Waals surface area contributed by atoms with Crippen LogP contribution in [0.3, 0.4) is 0 Å². The predicted molar refractivity (Wildman–Crippen MR) is 93.1 cm³/mol. The van der Waals surface area contributed by atoms with E-state index in [1.54, 1.807) is 0 Å². The zero-order chi connectivity index (χ0) is 18.8. The second-order valence-electron chi connectivity index (χ2n) is 5.15. The molecule has 1 atom stereocenters. The van der Waals surface area contributed by atoms with Crippen molar-refractivity contribution in [2.45, 2.75) is 46.2 Å². The molecule has 2 aromatic rings. The first kappa shape index (κ1) is 20.3. The number of primary amides is 1. The molecule has 0 radical (unpaired) electrons. The van der Waals surface area contributed by atoms with Crippen LogP contribution in [0.15, 0.2) is 28.7 Å². The van der Waals surface area contributed by atoms with Crippen LogP contribution in [-0.2, 0) is 29.0 Å². The first-order valence-electron chi connectivity index (χ1n) is 8.13. The maximum Gasteiger partial charge on any atom is 0.239 e. The summed E-state index contributed by atoms with van der Waals surface area (Å²) in [5.74, 6) is -0.419. The van der Waals surface area contributed by atoms with Crippen molar-refractivity contribution in [3.63, 3.8) is 0 Å². The fraction of sp³-hybridized carbons (Fsp3) is 0.412. The van der Waals surface area contributed by atoms with Crippen LogP contribution in [0.25, 0.3) is 0 Å². The van der Waals surface area contributed by atoms with Crippen molar-refractivity contribution in [1.29, 1.82) is 0 Å². The minimum absolute atomic E-state index is 0.126. The number of carbonyl (C=O) groups is 2. The molecule has 0 fully saturated rings. The molecule has 1 unspecified atom stereocenters. The van der Waals surface area contributed by atoms with Crippen LogP contribution in [0.2, 0.25) is 0 Å². The predicted octanol–water partition coefficient (Wildman–Crippen LogP) is 1.00. The smallest absolute Gasteiger partial charge is 0.239 e. The zero-order valence-electron chi connectivity index (χ0n) is 14.8. The number of nitrogens with two attached hydrogens (primary N) is 2. The molecule has 1 aromatic carbocycles. The molecule has 5 N–H and O–H groups in total. The lowest BCUT2D eigenvalue weighted by molar-refractivity contribution is -0.120. The second-order valence-corrected chi connectivity index (χ2v) is 5.15. The van der Waals surface area contributed by atoms with Gasteiger partial charge in [-0.3, -0.25) is 9.59 Å². The van der Waals surface area contributed by atoms with Gasteiger partial charge in [0, 0.05) is 19.9 Å². The Morgan fingerprint density at radius 3 is 2.28 bits per heavy atom. The number of amides is 2. The molecule has 0 bridgehead atoms. The summed E-state index contributed by atoms with van der Waals surface area (Å²) in [5.41, 5.74) is 12.7. The van der Waals surface area contributed by atoms with Gasteiger partial charge in [0.2, 0.25) is 23.6 Å². The Morgan fingerprint density at radius 1 is 1.16 bits per heavy atom. The van der Waals surface area contributed by atoms with Crippen molar-refractivity contribution < 1.29 is 14.0 Å². The molecular formula is C17H25N5O3. The standard InChI is InChI=1S/C15H19N5O3.C2H6/c1-9(21)18-12(6-10-2-4-11(8-16)5-3-10)15-20-19-14(23-15)7-13(17)22;1-2/h2-5,12H,6-8,16H2,1H3,(H2,17,22)(H,18,21);1-2H3. The average molecular weight is 347 g/mol. The van der Waals surface area contributed by atoms with Crippen molar-refractivity contribution >= 4 is 11.8 Å². The van der Waals surface area contributed by atoms with Crippen molar-refractivity contribution in [1.82, 2.24) is 15.5 Å². The van der Waals surface area contributed by atoms with E-state index in [2.05, 4.69) is 15.5 Å². The first-order chi connectivity index (χ1) is 12.0. The number of aromatic nitrogens is 2. The lowest BCUT2D eigenvalue weighted by atomic mass is 10.0. The molecule has 1 aromatic heterocycles. The zero-order valence-corrected chi connectivity index (χ0v) is 14.8. The highest BCUT2D eigenvalue weighted by molar-refractivity contribution is 5.75. The maximum absolute atomic E-state index is 11.4. The SMILES string of the molecule is CC.CC(=O)NC(Cc1ccc(CN)cc1)c1nnc(CC(N)=O)o1. The minimum atomic E-state index is -0.561. The third kappa shape index (κ3) is 6.72. The van der Waals surface area contributed by atoms with Crippen LogP contribution in [0.1, 0.15) is 49.7 Å². The fourth-order valence-electron chi connectivity index (χ4n) is 2.12. The minimum Gasteiger partial charge on any atom is -0.422 e. The van der Waals surface area contributed by atoms with E-state index in [-0.39, 0.29) is 24.1 Å². The Balaban J connectivity index is 0.00000151. The maximum atomic E-state index is 11.4. The molecule has 0 aliphatic heterocycles. The van der Waals surface area contributed by atoms with Crippen LogP contribution in [0.4, 0.5) is 0 Å². The average Bonchev–Trinajstić information content (AvgIpc) is 3.04. The van der Waals surface area contributed by atoms with Crippen molar-refractivity contribution in [2.75, 3.05) is 0 Å². The largest absolute Gasteiger partial charge is 0.422 e. The van der Waals surface area contributed by atoms with Crippen LogP contribution < -0.4 is 16.8 Å². The number of nitrogens with one attached hydrogen (secondary N) is 1. The monoisotopic (exact) mass is 347 g/mol. The van der Waals surface area contributed by atoms with Crippen molar-refractivity contribution in [2.24, 2.45) is 11.5 Å². The van der Waals surface area contributed by atoms with Gasteiger partial charge >= 0.3 is 0 Å². The summed E-state index contributed by atoms with van der Waals surface area (Å²) in [6.45, 7) is 5.88. The van der Waals surface area contributed by atoms with E-state index in [0.29, 0.717) is 13.0 Å². The summed E-state index contributed by atoms with van der Waals surface area (Å²) < 4.78 is 5.42. The quantitative estimate of drug-likeness (QED) is 0.683. The molecule has 1 heterocycles. The number of nitrogens with zero attached hydrogens (tertiary/aromatic N) is 2. The highest BCUT2D eigenvalue weighted by atomic mass is 16.4. The molecule has 0 saturated heterocycles. The van der Waals surface area contributed by atoms with E-state index < -0.39 is 11.9 Å².